The molecule has 0 N–H and O–H groups in total. The smallest absolute Gasteiger partial charge is 0.161 e. The van der Waals surface area contributed by atoms with Gasteiger partial charge in [-0.15, -0.1) is 0 Å². The van der Waals surface area contributed by atoms with E-state index < -0.39 is 11.1 Å². The van der Waals surface area contributed by atoms with Crippen LogP contribution in [0, 0.1) is 0 Å². The largest absolute Gasteiger partial charge is 0.767 e. The molecule has 0 aromatic carbocycles. The minimum absolute atomic E-state index is 0.250. The molecule has 0 radical (unpaired) electrons. The van der Waals surface area contributed by atoms with Crippen molar-refractivity contribution in [2.24, 2.45) is 0 Å². The summed E-state index contributed by atoms with van der Waals surface area (Å²) >= 11 is -2.17. The van der Waals surface area contributed by atoms with Gasteiger partial charge in [-0.05, 0) is 18.0 Å². The van der Waals surface area contributed by atoms with Gasteiger partial charge in [0.05, 0.1) is 0 Å². The first kappa shape index (κ1) is 7.56. The highest BCUT2D eigenvalue weighted by Gasteiger charge is 2.17. The minimum atomic E-state index is -2.17. The molecular weight excluding hydrogens is 154 g/mol. The van der Waals surface area contributed by atoms with Crippen molar-refractivity contribution in [2.45, 2.75) is 6.92 Å². The highest BCUT2D eigenvalue weighted by molar-refractivity contribution is 7.83. The Labute approximate surface area is 61.8 Å². The van der Waals surface area contributed by atoms with Crippen molar-refractivity contribution in [3.05, 3.63) is 10.8 Å². The molecule has 1 rings (SSSR count). The average Bonchev–Trinajstić information content (AvgIpc) is 2.11. The Morgan fingerprint density at radius 2 is 2.40 bits per heavy atom. The number of allylic oxidation sites excluding steroid dienone is 1. The van der Waals surface area contributed by atoms with Gasteiger partial charge >= 0.3 is 0 Å². The van der Waals surface area contributed by atoms with E-state index >= 15 is 0 Å². The topological polar surface area (TPSA) is 52.6 Å². The van der Waals surface area contributed by atoms with Crippen molar-refractivity contribution in [1.82, 2.24) is 4.90 Å². The Morgan fingerprint density at radius 3 is 2.60 bits per heavy atom. The third-order valence-electron chi connectivity index (χ3n) is 1.28. The van der Waals surface area contributed by atoms with Crippen LogP contribution in [0.3, 0.4) is 0 Å². The van der Waals surface area contributed by atoms with Gasteiger partial charge in [-0.1, -0.05) is 0 Å². The summed E-state index contributed by atoms with van der Waals surface area (Å²) in [6.45, 7) is 1.96. The molecule has 1 aliphatic rings. The number of nitrogens with zero attached hydrogens (tertiary/aromatic N) is 1. The number of hydrogen-bond donors (Lipinski definition) is 0. The van der Waals surface area contributed by atoms with E-state index in [2.05, 4.69) is 0 Å². The summed E-state index contributed by atoms with van der Waals surface area (Å²) in [5.41, 5.74) is 0. The van der Waals surface area contributed by atoms with E-state index in [9.17, 15) is 8.76 Å². The van der Waals surface area contributed by atoms with E-state index in [1.165, 1.54) is 0 Å². The van der Waals surface area contributed by atoms with E-state index in [0.717, 1.165) is 0 Å². The van der Waals surface area contributed by atoms with E-state index in [1.54, 1.807) is 18.9 Å². The Balaban J connectivity index is 2.88. The summed E-state index contributed by atoms with van der Waals surface area (Å²) in [7, 11) is 1.67. The fourth-order valence-corrected chi connectivity index (χ4v) is 1.43. The average molecular weight is 162 g/mol. The predicted molar refractivity (Wildman–Crippen MR) is 35.3 cm³/mol. The first-order valence-corrected chi connectivity index (χ1v) is 3.84. The molecule has 0 aromatic heterocycles. The molecule has 58 valence electrons. The van der Waals surface area contributed by atoms with E-state index in [0.29, 0.717) is 12.5 Å². The van der Waals surface area contributed by atoms with Gasteiger partial charge in [0, 0.05) is 7.05 Å². The standard InChI is InChI=1S/C5H9NO3S/c1-4-5(10(7)8)6(2)3-9-4/h3H2,1-2H3,(H,7,8)/p-1. The molecule has 4 nitrogen and oxygen atoms in total. The quantitative estimate of drug-likeness (QED) is 0.508. The van der Waals surface area contributed by atoms with Crippen LogP contribution in [0.2, 0.25) is 0 Å². The fraction of sp³-hybridized carbons (Fsp3) is 0.600. The van der Waals surface area contributed by atoms with Gasteiger partial charge in [0.15, 0.2) is 6.73 Å². The molecule has 1 aliphatic heterocycles. The summed E-state index contributed by atoms with van der Waals surface area (Å²) in [6, 6.07) is 0. The van der Waals surface area contributed by atoms with E-state index in [4.69, 9.17) is 4.74 Å². The number of ether oxygens (including phenoxy) is 1. The Morgan fingerprint density at radius 1 is 1.80 bits per heavy atom. The van der Waals surface area contributed by atoms with Crippen molar-refractivity contribution in [2.75, 3.05) is 13.8 Å². The zero-order chi connectivity index (χ0) is 7.72. The molecule has 0 saturated heterocycles. The molecule has 0 aliphatic carbocycles. The lowest BCUT2D eigenvalue weighted by atomic mass is 10.6. The SMILES string of the molecule is CC1=C(S(=O)[O-])N(C)CO1. The van der Waals surface area contributed by atoms with Crippen LogP contribution in [-0.4, -0.2) is 27.4 Å². The Kier molecular flexibility index (Phi) is 1.96. The van der Waals surface area contributed by atoms with Gasteiger partial charge in [0.25, 0.3) is 0 Å². The van der Waals surface area contributed by atoms with Crippen LogP contribution in [-0.2, 0) is 15.8 Å². The lowest BCUT2D eigenvalue weighted by Crippen LogP contribution is -2.16. The predicted octanol–water partition coefficient (Wildman–Crippen LogP) is -0.0260. The Hall–Kier alpha value is -0.550. The van der Waals surface area contributed by atoms with Crippen molar-refractivity contribution < 1.29 is 13.5 Å². The highest BCUT2D eigenvalue weighted by Crippen LogP contribution is 2.19. The second-order valence-corrected chi connectivity index (χ2v) is 2.92. The summed E-state index contributed by atoms with van der Waals surface area (Å²) in [4.78, 5) is 1.54. The van der Waals surface area contributed by atoms with Gasteiger partial charge in [-0.3, -0.25) is 4.21 Å². The summed E-state index contributed by atoms with van der Waals surface area (Å²) in [5.74, 6) is 0.468. The van der Waals surface area contributed by atoms with Crippen LogP contribution in [0.5, 0.6) is 0 Å². The third kappa shape index (κ3) is 1.15. The summed E-state index contributed by atoms with van der Waals surface area (Å²) in [6.07, 6.45) is 0. The maximum atomic E-state index is 10.4. The monoisotopic (exact) mass is 162 g/mol. The first-order valence-electron chi connectivity index (χ1n) is 2.77. The lowest BCUT2D eigenvalue weighted by Gasteiger charge is -2.14. The van der Waals surface area contributed by atoms with Gasteiger partial charge in [0.1, 0.15) is 10.8 Å². The number of hydrogen-bond acceptors (Lipinski definition) is 4. The first-order chi connectivity index (χ1) is 4.63. The van der Waals surface area contributed by atoms with Gasteiger partial charge < -0.3 is 14.2 Å². The molecule has 0 spiro atoms. The molecule has 1 atom stereocenters. The van der Waals surface area contributed by atoms with E-state index in [-0.39, 0.29) is 5.03 Å². The van der Waals surface area contributed by atoms with Gasteiger partial charge in [-0.25, -0.2) is 0 Å². The molecule has 0 amide bonds. The van der Waals surface area contributed by atoms with Gasteiger partial charge in [0.2, 0.25) is 0 Å². The van der Waals surface area contributed by atoms with E-state index in [1.807, 2.05) is 0 Å². The second-order valence-electron chi connectivity index (χ2n) is 2.07. The molecule has 0 fully saturated rings. The molecule has 1 heterocycles. The van der Waals surface area contributed by atoms with Crippen molar-refractivity contribution in [1.29, 1.82) is 0 Å². The summed E-state index contributed by atoms with van der Waals surface area (Å²) in [5, 5.41) is 0.250. The molecule has 0 bridgehead atoms. The maximum Gasteiger partial charge on any atom is 0.161 e. The van der Waals surface area contributed by atoms with Crippen LogP contribution < -0.4 is 0 Å². The molecule has 10 heavy (non-hydrogen) atoms. The van der Waals surface area contributed by atoms with Crippen molar-refractivity contribution in [3.63, 3.8) is 0 Å². The molecular formula is C5H8NO3S-. The van der Waals surface area contributed by atoms with Crippen LogP contribution >= 0.6 is 0 Å². The van der Waals surface area contributed by atoms with Crippen molar-refractivity contribution >= 4 is 11.1 Å². The maximum absolute atomic E-state index is 10.4. The van der Waals surface area contributed by atoms with Gasteiger partial charge in [-0.2, -0.15) is 0 Å². The minimum Gasteiger partial charge on any atom is -0.767 e. The highest BCUT2D eigenvalue weighted by atomic mass is 32.2. The number of rotatable bonds is 1. The zero-order valence-electron chi connectivity index (χ0n) is 5.79. The Bertz CT molecular complexity index is 201. The zero-order valence-corrected chi connectivity index (χ0v) is 6.60. The van der Waals surface area contributed by atoms with Crippen LogP contribution in [0.4, 0.5) is 0 Å². The van der Waals surface area contributed by atoms with Crippen LogP contribution in [0.15, 0.2) is 10.8 Å². The third-order valence-corrected chi connectivity index (χ3v) is 2.20. The lowest BCUT2D eigenvalue weighted by molar-refractivity contribution is 0.169. The van der Waals surface area contributed by atoms with Crippen LogP contribution in [0.25, 0.3) is 0 Å². The van der Waals surface area contributed by atoms with Crippen molar-refractivity contribution in [3.8, 4) is 0 Å². The molecule has 0 aromatic rings. The summed E-state index contributed by atoms with van der Waals surface area (Å²) < 4.78 is 25.8. The fourth-order valence-electron chi connectivity index (χ4n) is 0.827. The van der Waals surface area contributed by atoms with Crippen LogP contribution in [0.1, 0.15) is 6.92 Å². The molecule has 0 saturated carbocycles. The molecule has 5 heteroatoms. The molecule has 1 unspecified atom stereocenters. The normalized spacial score (nSPS) is 21.3. The second kappa shape index (κ2) is 2.59.